The molecular weight excluding hydrogens is 190 g/mol. The van der Waals surface area contributed by atoms with Crippen LogP contribution in [0.25, 0.3) is 0 Å². The predicted octanol–water partition coefficient (Wildman–Crippen LogP) is 4.05. The first-order valence-electron chi connectivity index (χ1n) is 6.21. The van der Waals surface area contributed by atoms with E-state index in [1.165, 1.54) is 51.4 Å². The topological polar surface area (TPSA) is 3.24 Å². The maximum Gasteiger partial charge on any atom is 0.0308 e. The summed E-state index contributed by atoms with van der Waals surface area (Å²) in [6, 6.07) is 0. The van der Waals surface area contributed by atoms with E-state index >= 15 is 0 Å². The van der Waals surface area contributed by atoms with Crippen LogP contribution < -0.4 is 0 Å². The van der Waals surface area contributed by atoms with Crippen LogP contribution in [0.5, 0.6) is 0 Å². The number of nitrogens with zero attached hydrogens (tertiary/aromatic N) is 1. The zero-order chi connectivity index (χ0) is 10.4. The molecule has 0 unspecified atom stereocenters. The molecule has 1 nitrogen and oxygen atoms in total. The Hall–Kier alpha value is 0.310. The first-order chi connectivity index (χ1) is 6.75. The SMILES string of the molecule is CCCCN(S)C1(CC)CCCCC1. The van der Waals surface area contributed by atoms with Crippen LogP contribution in [-0.4, -0.2) is 16.4 Å². The van der Waals surface area contributed by atoms with Crippen molar-refractivity contribution in [1.82, 2.24) is 4.31 Å². The second kappa shape index (κ2) is 6.02. The summed E-state index contributed by atoms with van der Waals surface area (Å²) < 4.78 is 2.34. The summed E-state index contributed by atoms with van der Waals surface area (Å²) in [5, 5.41) is 0. The minimum atomic E-state index is 0.427. The van der Waals surface area contributed by atoms with Crippen molar-refractivity contribution >= 4 is 12.8 Å². The van der Waals surface area contributed by atoms with Gasteiger partial charge in [-0.3, -0.25) is 0 Å². The van der Waals surface area contributed by atoms with Gasteiger partial charge in [-0.05, 0) is 25.7 Å². The van der Waals surface area contributed by atoms with Crippen LogP contribution in [0.15, 0.2) is 0 Å². The standard InChI is InChI=1S/C12H25NS/c1-3-5-11-13(14)12(4-2)9-7-6-8-10-12/h14H,3-11H2,1-2H3. The summed E-state index contributed by atoms with van der Waals surface area (Å²) in [6.07, 6.45) is 10.8. The lowest BCUT2D eigenvalue weighted by Gasteiger charge is -2.43. The van der Waals surface area contributed by atoms with Crippen LogP contribution in [0.1, 0.15) is 65.2 Å². The van der Waals surface area contributed by atoms with E-state index in [0.717, 1.165) is 6.54 Å². The lowest BCUT2D eigenvalue weighted by molar-refractivity contribution is 0.135. The van der Waals surface area contributed by atoms with E-state index in [9.17, 15) is 0 Å². The summed E-state index contributed by atoms with van der Waals surface area (Å²) in [7, 11) is 0. The molecule has 1 fully saturated rings. The molecule has 0 amide bonds. The average molecular weight is 215 g/mol. The van der Waals surface area contributed by atoms with Crippen molar-refractivity contribution in [2.75, 3.05) is 6.54 Å². The van der Waals surface area contributed by atoms with Crippen LogP contribution in [0.2, 0.25) is 0 Å². The molecule has 0 bridgehead atoms. The van der Waals surface area contributed by atoms with Gasteiger partial charge in [0.15, 0.2) is 0 Å². The van der Waals surface area contributed by atoms with Crippen molar-refractivity contribution < 1.29 is 0 Å². The molecular formula is C12H25NS. The molecule has 0 saturated heterocycles. The van der Waals surface area contributed by atoms with Crippen molar-refractivity contribution in [3.8, 4) is 0 Å². The molecule has 0 aliphatic heterocycles. The van der Waals surface area contributed by atoms with E-state index in [-0.39, 0.29) is 0 Å². The van der Waals surface area contributed by atoms with E-state index in [1.807, 2.05) is 0 Å². The van der Waals surface area contributed by atoms with Gasteiger partial charge in [0.25, 0.3) is 0 Å². The Kier molecular flexibility index (Phi) is 5.32. The second-order valence-corrected chi connectivity index (χ2v) is 5.10. The van der Waals surface area contributed by atoms with Gasteiger partial charge in [-0.25, -0.2) is 4.31 Å². The van der Waals surface area contributed by atoms with Crippen LogP contribution in [0.4, 0.5) is 0 Å². The number of unbranched alkanes of at least 4 members (excludes halogenated alkanes) is 1. The third-order valence-corrected chi connectivity index (χ3v) is 4.34. The highest BCUT2D eigenvalue weighted by molar-refractivity contribution is 7.77. The highest BCUT2D eigenvalue weighted by Crippen LogP contribution is 2.37. The number of thiol groups is 1. The Bertz CT molecular complexity index is 152. The minimum Gasteiger partial charge on any atom is -0.247 e. The molecule has 0 spiro atoms. The molecule has 14 heavy (non-hydrogen) atoms. The molecule has 0 aromatic carbocycles. The number of hydrogen-bond acceptors (Lipinski definition) is 2. The molecule has 2 heteroatoms. The van der Waals surface area contributed by atoms with Crippen LogP contribution >= 0.6 is 12.8 Å². The maximum absolute atomic E-state index is 4.71. The lowest BCUT2D eigenvalue weighted by atomic mass is 9.79. The van der Waals surface area contributed by atoms with Gasteiger partial charge in [-0.15, -0.1) is 0 Å². The quantitative estimate of drug-likeness (QED) is 0.677. The molecule has 0 radical (unpaired) electrons. The van der Waals surface area contributed by atoms with Crippen molar-refractivity contribution in [1.29, 1.82) is 0 Å². The molecule has 0 heterocycles. The van der Waals surface area contributed by atoms with E-state index in [0.29, 0.717) is 5.54 Å². The summed E-state index contributed by atoms with van der Waals surface area (Å²) in [5.74, 6) is 0. The van der Waals surface area contributed by atoms with Crippen molar-refractivity contribution in [3.63, 3.8) is 0 Å². The molecule has 84 valence electrons. The highest BCUT2D eigenvalue weighted by atomic mass is 32.1. The van der Waals surface area contributed by atoms with E-state index in [2.05, 4.69) is 18.2 Å². The zero-order valence-corrected chi connectivity index (χ0v) is 10.7. The zero-order valence-electron chi connectivity index (χ0n) is 9.76. The molecule has 1 aliphatic rings. The predicted molar refractivity (Wildman–Crippen MR) is 66.7 cm³/mol. The molecule has 0 N–H and O–H groups in total. The summed E-state index contributed by atoms with van der Waals surface area (Å²) in [5.41, 5.74) is 0.427. The third kappa shape index (κ3) is 2.90. The van der Waals surface area contributed by atoms with Gasteiger partial charge in [0.2, 0.25) is 0 Å². The van der Waals surface area contributed by atoms with E-state index in [4.69, 9.17) is 12.8 Å². The normalized spacial score (nSPS) is 21.4. The van der Waals surface area contributed by atoms with Gasteiger partial charge < -0.3 is 0 Å². The number of rotatable bonds is 5. The first-order valence-corrected chi connectivity index (χ1v) is 6.61. The van der Waals surface area contributed by atoms with Crippen molar-refractivity contribution in [2.45, 2.75) is 70.8 Å². The first kappa shape index (κ1) is 12.4. The van der Waals surface area contributed by atoms with Gasteiger partial charge in [-0.2, -0.15) is 0 Å². The van der Waals surface area contributed by atoms with Gasteiger partial charge >= 0.3 is 0 Å². The fourth-order valence-corrected chi connectivity index (χ4v) is 3.03. The molecule has 1 saturated carbocycles. The smallest absolute Gasteiger partial charge is 0.0308 e. The minimum absolute atomic E-state index is 0.427. The maximum atomic E-state index is 4.71. The molecule has 1 aliphatic carbocycles. The third-order valence-electron chi connectivity index (χ3n) is 3.71. The average Bonchev–Trinajstić information content (AvgIpc) is 2.26. The number of hydrogen-bond donors (Lipinski definition) is 1. The Morgan fingerprint density at radius 3 is 2.29 bits per heavy atom. The van der Waals surface area contributed by atoms with Gasteiger partial charge in [-0.1, -0.05) is 52.3 Å². The molecule has 0 atom stereocenters. The second-order valence-electron chi connectivity index (χ2n) is 4.62. The van der Waals surface area contributed by atoms with Crippen LogP contribution in [0.3, 0.4) is 0 Å². The molecule has 0 aromatic rings. The fourth-order valence-electron chi connectivity index (χ4n) is 2.55. The summed E-state index contributed by atoms with van der Waals surface area (Å²) in [4.78, 5) is 0. The van der Waals surface area contributed by atoms with Crippen molar-refractivity contribution in [3.05, 3.63) is 0 Å². The van der Waals surface area contributed by atoms with Crippen molar-refractivity contribution in [2.24, 2.45) is 0 Å². The van der Waals surface area contributed by atoms with E-state index < -0.39 is 0 Å². The Morgan fingerprint density at radius 2 is 1.79 bits per heavy atom. The van der Waals surface area contributed by atoms with Gasteiger partial charge in [0, 0.05) is 12.1 Å². The van der Waals surface area contributed by atoms with Crippen LogP contribution in [-0.2, 0) is 0 Å². The lowest BCUT2D eigenvalue weighted by Crippen LogP contribution is -2.44. The summed E-state index contributed by atoms with van der Waals surface area (Å²) in [6.45, 7) is 5.73. The Morgan fingerprint density at radius 1 is 1.14 bits per heavy atom. The Balaban J connectivity index is 2.48. The Labute approximate surface area is 94.8 Å². The fraction of sp³-hybridized carbons (Fsp3) is 1.00. The monoisotopic (exact) mass is 215 g/mol. The summed E-state index contributed by atoms with van der Waals surface area (Å²) >= 11 is 4.71. The van der Waals surface area contributed by atoms with Gasteiger partial charge in [0.05, 0.1) is 0 Å². The molecule has 1 rings (SSSR count). The largest absolute Gasteiger partial charge is 0.247 e. The van der Waals surface area contributed by atoms with Crippen LogP contribution in [0, 0.1) is 0 Å². The van der Waals surface area contributed by atoms with Gasteiger partial charge in [0.1, 0.15) is 0 Å². The highest BCUT2D eigenvalue weighted by Gasteiger charge is 2.34. The molecule has 0 aromatic heterocycles. The van der Waals surface area contributed by atoms with E-state index in [1.54, 1.807) is 0 Å².